The second-order valence-electron chi connectivity index (χ2n) is 12.6. The Bertz CT molecular complexity index is 947. The van der Waals surface area contributed by atoms with Crippen molar-refractivity contribution < 1.29 is 18.9 Å². The lowest BCUT2D eigenvalue weighted by Gasteiger charge is -2.32. The highest BCUT2D eigenvalue weighted by atomic mass is 35.5. The maximum absolute atomic E-state index is 5.72. The summed E-state index contributed by atoms with van der Waals surface area (Å²) in [5.41, 5.74) is 3.53. The van der Waals surface area contributed by atoms with Crippen molar-refractivity contribution >= 4 is 51.3 Å². The van der Waals surface area contributed by atoms with Gasteiger partial charge >= 0.3 is 0 Å². The Morgan fingerprint density at radius 2 is 0.614 bits per heavy atom. The first-order valence-corrected chi connectivity index (χ1v) is 19.6. The Hall–Kier alpha value is -0.920. The van der Waals surface area contributed by atoms with Crippen LogP contribution in [0.25, 0.3) is 0 Å². The van der Waals surface area contributed by atoms with E-state index < -0.39 is 0 Å². The molecule has 0 unspecified atom stereocenters. The summed E-state index contributed by atoms with van der Waals surface area (Å²) in [6, 6.07) is 12.6. The molecule has 4 aliphatic rings. The maximum Gasteiger partial charge on any atom is 0.130 e. The molecule has 4 aliphatic carbocycles. The average Bonchev–Trinajstić information content (AvgIpc) is 3.87. The van der Waals surface area contributed by atoms with Gasteiger partial charge in [-0.1, -0.05) is 79.3 Å². The van der Waals surface area contributed by atoms with Crippen LogP contribution in [0, 0.1) is 0 Å². The Balaban J connectivity index is 0.000000230. The molecule has 0 atom stereocenters. The van der Waals surface area contributed by atoms with Gasteiger partial charge in [-0.2, -0.15) is 0 Å². The van der Waals surface area contributed by atoms with Gasteiger partial charge in [0.15, 0.2) is 0 Å². The van der Waals surface area contributed by atoms with Crippen LogP contribution in [-0.4, -0.2) is 51.1 Å². The molecule has 0 aliphatic heterocycles. The predicted molar refractivity (Wildman–Crippen MR) is 196 cm³/mol. The molecule has 0 N–H and O–H groups in total. The van der Waals surface area contributed by atoms with Crippen molar-refractivity contribution in [3.05, 3.63) is 36.4 Å². The molecule has 2 aromatic carbocycles. The lowest BCUT2D eigenvalue weighted by atomic mass is 10.3. The minimum absolute atomic E-state index is 0. The number of methoxy groups -OCH3 is 4. The van der Waals surface area contributed by atoms with Crippen LogP contribution in [0.5, 0.6) is 23.0 Å². The van der Waals surface area contributed by atoms with Crippen molar-refractivity contribution in [2.45, 2.75) is 125 Å². The summed E-state index contributed by atoms with van der Waals surface area (Å²) < 4.78 is 22.9. The summed E-state index contributed by atoms with van der Waals surface area (Å²) in [5, 5.41) is 2.83. The monoisotopic (exact) mass is 684 g/mol. The number of rotatable bonds is 10. The van der Waals surface area contributed by atoms with Crippen LogP contribution < -0.4 is 29.6 Å². The molecule has 2 aromatic rings. The van der Waals surface area contributed by atoms with Gasteiger partial charge in [-0.25, -0.2) is 0 Å². The van der Waals surface area contributed by atoms with Gasteiger partial charge in [0.25, 0.3) is 0 Å². The molecule has 0 radical (unpaired) electrons. The number of hydrogen-bond acceptors (Lipinski definition) is 4. The van der Waals surface area contributed by atoms with Crippen LogP contribution in [-0.2, 0) is 0 Å². The average molecular weight is 686 g/mol. The third-order valence-corrected chi connectivity index (χ3v) is 17.3. The van der Waals surface area contributed by atoms with Gasteiger partial charge in [0, 0.05) is 0 Å². The van der Waals surface area contributed by atoms with Gasteiger partial charge < -0.3 is 18.9 Å². The first-order chi connectivity index (χ1) is 20.7. The van der Waals surface area contributed by atoms with E-state index in [0.29, 0.717) is 0 Å². The van der Waals surface area contributed by atoms with Crippen molar-refractivity contribution in [2.24, 2.45) is 0 Å². The van der Waals surface area contributed by atoms with Gasteiger partial charge in [-0.15, -0.1) is 24.8 Å². The molecular formula is C36H56Cl2O4P2. The summed E-state index contributed by atoms with van der Waals surface area (Å²) in [6.45, 7) is 0. The van der Waals surface area contributed by atoms with Crippen LogP contribution >= 0.6 is 40.7 Å². The predicted octanol–water partition coefficient (Wildman–Crippen LogP) is 10.2. The van der Waals surface area contributed by atoms with E-state index in [1.54, 1.807) is 28.4 Å². The minimum atomic E-state index is -0.161. The molecule has 4 nitrogen and oxygen atoms in total. The second-order valence-corrected chi connectivity index (χ2v) is 18.0. The van der Waals surface area contributed by atoms with E-state index in [1.807, 2.05) is 0 Å². The lowest BCUT2D eigenvalue weighted by Crippen LogP contribution is -2.22. The van der Waals surface area contributed by atoms with Crippen LogP contribution in [0.15, 0.2) is 36.4 Å². The highest BCUT2D eigenvalue weighted by Gasteiger charge is 2.38. The van der Waals surface area contributed by atoms with E-state index in [9.17, 15) is 0 Å². The number of benzene rings is 2. The molecule has 0 amide bonds. The van der Waals surface area contributed by atoms with Gasteiger partial charge in [0.1, 0.15) is 23.0 Å². The Morgan fingerprint density at radius 3 is 0.795 bits per heavy atom. The standard InChI is InChI=1S/2C18H27O2P.2ClH/c2*1-19-16-12-7-13-17(20-2)18(16)21(14-8-3-4-9-14)15-10-5-6-11-15;;/h2*7,12-15H,3-6,8-11H2,1-2H3;2*1H. The first-order valence-electron chi connectivity index (χ1n) is 16.7. The fraction of sp³-hybridized carbons (Fsp3) is 0.667. The van der Waals surface area contributed by atoms with Gasteiger partial charge in [0.05, 0.1) is 39.0 Å². The Morgan fingerprint density at radius 1 is 0.409 bits per heavy atom. The fourth-order valence-electron chi connectivity index (χ4n) is 8.23. The SMILES string of the molecule is COc1cccc(OC)c1P(C1CCCC1)C1CCCC1.COc1cccc(OC)c1P(C1CCCC1)C1CCCC1.Cl.Cl. The van der Waals surface area contributed by atoms with Crippen LogP contribution in [0.4, 0.5) is 0 Å². The van der Waals surface area contributed by atoms with Crippen LogP contribution in [0.2, 0.25) is 0 Å². The summed E-state index contributed by atoms with van der Waals surface area (Å²) in [7, 11) is 6.88. The third-order valence-electron chi connectivity index (χ3n) is 10.2. The molecule has 8 heteroatoms. The van der Waals surface area contributed by atoms with Crippen LogP contribution in [0.1, 0.15) is 103 Å². The number of halogens is 2. The fourth-order valence-corrected chi connectivity index (χ4v) is 16.2. The number of ether oxygens (including phenoxy) is 4. The zero-order valence-electron chi connectivity index (χ0n) is 27.4. The van der Waals surface area contributed by atoms with E-state index in [1.165, 1.54) is 113 Å². The summed E-state index contributed by atoms with van der Waals surface area (Å²) in [4.78, 5) is 0. The van der Waals surface area contributed by atoms with Crippen molar-refractivity contribution in [3.63, 3.8) is 0 Å². The van der Waals surface area contributed by atoms with Gasteiger partial charge in [-0.3, -0.25) is 0 Å². The van der Waals surface area contributed by atoms with E-state index in [2.05, 4.69) is 36.4 Å². The zero-order valence-corrected chi connectivity index (χ0v) is 30.9. The zero-order chi connectivity index (χ0) is 29.3. The molecule has 248 valence electrons. The number of hydrogen-bond donors (Lipinski definition) is 0. The molecule has 0 aromatic heterocycles. The van der Waals surface area contributed by atoms with E-state index in [4.69, 9.17) is 18.9 Å². The van der Waals surface area contributed by atoms with Gasteiger partial charge in [-0.05, 0) is 98.3 Å². The largest absolute Gasteiger partial charge is 0.496 e. The lowest BCUT2D eigenvalue weighted by molar-refractivity contribution is 0.400. The molecule has 0 heterocycles. The van der Waals surface area contributed by atoms with Crippen molar-refractivity contribution in [3.8, 4) is 23.0 Å². The Labute approximate surface area is 282 Å². The quantitative estimate of drug-likeness (QED) is 0.233. The summed E-state index contributed by atoms with van der Waals surface area (Å²) in [5.74, 6) is 4.22. The maximum atomic E-state index is 5.72. The summed E-state index contributed by atoms with van der Waals surface area (Å²) >= 11 is 0. The summed E-state index contributed by atoms with van der Waals surface area (Å²) in [6.07, 6.45) is 22.5. The highest BCUT2D eigenvalue weighted by Crippen LogP contribution is 2.60. The molecule has 0 spiro atoms. The van der Waals surface area contributed by atoms with Crippen molar-refractivity contribution in [1.82, 2.24) is 0 Å². The van der Waals surface area contributed by atoms with E-state index in [-0.39, 0.29) is 40.7 Å². The van der Waals surface area contributed by atoms with Crippen LogP contribution in [0.3, 0.4) is 0 Å². The first kappa shape index (κ1) is 37.5. The second kappa shape index (κ2) is 19.0. The van der Waals surface area contributed by atoms with E-state index in [0.717, 1.165) is 45.6 Å². The minimum Gasteiger partial charge on any atom is -0.496 e. The molecule has 0 saturated heterocycles. The van der Waals surface area contributed by atoms with Gasteiger partial charge in [0.2, 0.25) is 0 Å². The molecule has 6 rings (SSSR count). The van der Waals surface area contributed by atoms with E-state index >= 15 is 0 Å². The highest BCUT2D eigenvalue weighted by molar-refractivity contribution is 7.67. The molecule has 4 fully saturated rings. The Kier molecular flexibility index (Phi) is 16.2. The molecule has 4 saturated carbocycles. The van der Waals surface area contributed by atoms with Crippen molar-refractivity contribution in [2.75, 3.05) is 28.4 Å². The normalized spacial score (nSPS) is 19.4. The molecule has 0 bridgehead atoms. The smallest absolute Gasteiger partial charge is 0.130 e. The molecular weight excluding hydrogens is 629 g/mol. The molecule has 44 heavy (non-hydrogen) atoms. The van der Waals surface area contributed by atoms with Crippen molar-refractivity contribution in [1.29, 1.82) is 0 Å². The topological polar surface area (TPSA) is 36.9 Å². The third kappa shape index (κ3) is 8.70.